The van der Waals surface area contributed by atoms with Crippen molar-refractivity contribution in [2.24, 2.45) is 0 Å². The predicted molar refractivity (Wildman–Crippen MR) is 133 cm³/mol. The molecule has 0 amide bonds. The Bertz CT molecular complexity index is 634. The molecule has 1 aliphatic rings. The molecule has 0 nitrogen and oxygen atoms in total. The Hall–Kier alpha value is -2.86. The third kappa shape index (κ3) is 19.7. The monoisotopic (exact) mass is 384 g/mol. The van der Waals surface area contributed by atoms with Crippen molar-refractivity contribution in [2.45, 2.75) is 44.9 Å². The maximum Gasteiger partial charge on any atom is -0.0348 e. The van der Waals surface area contributed by atoms with E-state index in [1.165, 1.54) is 44.9 Å². The van der Waals surface area contributed by atoms with Gasteiger partial charge in [0.05, 0.1) is 0 Å². The second-order valence-corrected chi connectivity index (χ2v) is 6.67. The molecule has 0 saturated carbocycles. The SMILES string of the molecule is C1=CCCCCCCC\C=C/C=C\C=C/C=C/C=C\C=C/C=C\C=C/C=C\C=C/1. The lowest BCUT2D eigenvalue weighted by atomic mass is 10.1. The molecule has 29 heavy (non-hydrogen) atoms. The Labute approximate surface area is 178 Å². The molecule has 0 heteroatoms. The van der Waals surface area contributed by atoms with Crippen molar-refractivity contribution >= 4 is 0 Å². The highest BCUT2D eigenvalue weighted by Gasteiger charge is 1.88. The average Bonchev–Trinajstić information content (AvgIpc) is 2.73. The van der Waals surface area contributed by atoms with Crippen LogP contribution in [-0.4, -0.2) is 0 Å². The van der Waals surface area contributed by atoms with E-state index in [9.17, 15) is 0 Å². The van der Waals surface area contributed by atoms with Crippen LogP contribution in [0.25, 0.3) is 0 Å². The van der Waals surface area contributed by atoms with E-state index in [-0.39, 0.29) is 0 Å². The minimum atomic E-state index is 1.18. The third-order valence-corrected chi connectivity index (χ3v) is 4.12. The van der Waals surface area contributed by atoms with E-state index in [4.69, 9.17) is 0 Å². The lowest BCUT2D eigenvalue weighted by molar-refractivity contribution is 0.622. The summed E-state index contributed by atoms with van der Waals surface area (Å²) in [5, 5.41) is 0. The van der Waals surface area contributed by atoms with Crippen molar-refractivity contribution in [1.29, 1.82) is 0 Å². The van der Waals surface area contributed by atoms with Crippen LogP contribution in [0.3, 0.4) is 0 Å². The molecule has 0 saturated heterocycles. The fourth-order valence-electron chi connectivity index (χ4n) is 2.56. The summed E-state index contributed by atoms with van der Waals surface area (Å²) in [7, 11) is 0. The van der Waals surface area contributed by atoms with Crippen molar-refractivity contribution < 1.29 is 0 Å². The Morgan fingerprint density at radius 2 is 0.414 bits per heavy atom. The minimum Gasteiger partial charge on any atom is -0.0845 e. The van der Waals surface area contributed by atoms with Gasteiger partial charge in [-0.2, -0.15) is 0 Å². The second-order valence-electron chi connectivity index (χ2n) is 6.67. The molecule has 0 unspecified atom stereocenters. The summed E-state index contributed by atoms with van der Waals surface area (Å²) < 4.78 is 0. The molecule has 0 bridgehead atoms. The smallest absolute Gasteiger partial charge is 0.0348 e. The van der Waals surface area contributed by atoms with E-state index in [0.29, 0.717) is 0 Å². The topological polar surface area (TPSA) is 0 Å². The highest BCUT2D eigenvalue weighted by atomic mass is 13.9. The largest absolute Gasteiger partial charge is 0.0845 e. The first-order valence-electron chi connectivity index (χ1n) is 10.8. The molecule has 0 atom stereocenters. The van der Waals surface area contributed by atoms with Crippen LogP contribution < -0.4 is 0 Å². The zero-order valence-electron chi connectivity index (χ0n) is 17.7. The zero-order chi connectivity index (χ0) is 20.5. The maximum absolute atomic E-state index is 2.26. The molecule has 152 valence electrons. The molecule has 0 aliphatic heterocycles. The molecule has 0 aromatic carbocycles. The summed E-state index contributed by atoms with van der Waals surface area (Å²) in [4.78, 5) is 0. The van der Waals surface area contributed by atoms with Crippen molar-refractivity contribution in [3.05, 3.63) is 134 Å². The fourth-order valence-corrected chi connectivity index (χ4v) is 2.56. The second kappa shape index (κ2) is 21.4. The number of hydrogen-bond acceptors (Lipinski definition) is 0. The fraction of sp³-hybridized carbons (Fsp3) is 0.241. The normalized spacial score (nSPS) is 29.0. The first-order valence-corrected chi connectivity index (χ1v) is 10.8. The Balaban J connectivity index is 2.48. The first kappa shape index (κ1) is 24.2. The molecule has 0 fully saturated rings. The summed E-state index contributed by atoms with van der Waals surface area (Å²) in [6.07, 6.45) is 54.5. The molecule has 1 aliphatic carbocycles. The lowest BCUT2D eigenvalue weighted by Crippen LogP contribution is -1.78. The van der Waals surface area contributed by atoms with Gasteiger partial charge in [-0.3, -0.25) is 0 Å². The number of allylic oxidation sites excluding steroid dienone is 22. The summed E-state index contributed by atoms with van der Waals surface area (Å²) in [5.41, 5.74) is 0. The van der Waals surface area contributed by atoms with Gasteiger partial charge in [-0.15, -0.1) is 0 Å². The summed E-state index contributed by atoms with van der Waals surface area (Å²) in [5.74, 6) is 0. The standard InChI is InChI=1S/C29H36/c1-2-4-6-8-10-12-14-16-18-20-22-24-26-28-29-27-25-23-21-19-17-15-13-11-9-7-5-3-1/h1-22H,23-29H2/b2-1-,5-3-,6-4-,9-7-,10-8+,13-11-,14-12-,17-15-,18-16-,21-19?,22-20-. The summed E-state index contributed by atoms with van der Waals surface area (Å²) >= 11 is 0. The van der Waals surface area contributed by atoms with Crippen molar-refractivity contribution in [3.63, 3.8) is 0 Å². The van der Waals surface area contributed by atoms with Crippen molar-refractivity contribution in [2.75, 3.05) is 0 Å². The number of hydrogen-bond donors (Lipinski definition) is 0. The summed E-state index contributed by atoms with van der Waals surface area (Å²) in [6, 6.07) is 0. The average molecular weight is 385 g/mol. The molecule has 0 spiro atoms. The zero-order valence-corrected chi connectivity index (χ0v) is 17.7. The van der Waals surface area contributed by atoms with Gasteiger partial charge in [0.15, 0.2) is 0 Å². The van der Waals surface area contributed by atoms with Gasteiger partial charge in [-0.05, 0) is 25.7 Å². The van der Waals surface area contributed by atoms with Gasteiger partial charge in [0.25, 0.3) is 0 Å². The maximum atomic E-state index is 2.26. The molecule has 0 heterocycles. The van der Waals surface area contributed by atoms with Crippen molar-refractivity contribution in [3.8, 4) is 0 Å². The molecule has 0 aromatic rings. The molecule has 0 aromatic heterocycles. The van der Waals surface area contributed by atoms with Crippen LogP contribution in [0.2, 0.25) is 0 Å². The van der Waals surface area contributed by atoms with Gasteiger partial charge in [0.2, 0.25) is 0 Å². The van der Waals surface area contributed by atoms with E-state index in [0.717, 1.165) is 0 Å². The lowest BCUT2D eigenvalue weighted by Gasteiger charge is -1.97. The van der Waals surface area contributed by atoms with Gasteiger partial charge < -0.3 is 0 Å². The van der Waals surface area contributed by atoms with Crippen LogP contribution in [0.5, 0.6) is 0 Å². The predicted octanol–water partition coefficient (Wildman–Crippen LogP) is 8.85. The quantitative estimate of drug-likeness (QED) is 0.391. The van der Waals surface area contributed by atoms with E-state index in [1.54, 1.807) is 0 Å². The van der Waals surface area contributed by atoms with E-state index in [1.807, 2.05) is 72.9 Å². The highest BCUT2D eigenvalue weighted by molar-refractivity contribution is 5.22. The summed E-state index contributed by atoms with van der Waals surface area (Å²) in [6.45, 7) is 0. The molecular weight excluding hydrogens is 348 g/mol. The van der Waals surface area contributed by atoms with E-state index in [2.05, 4.69) is 60.8 Å². The Morgan fingerprint density at radius 1 is 0.207 bits per heavy atom. The van der Waals surface area contributed by atoms with Crippen molar-refractivity contribution in [1.82, 2.24) is 0 Å². The van der Waals surface area contributed by atoms with Crippen LogP contribution in [0.4, 0.5) is 0 Å². The van der Waals surface area contributed by atoms with Crippen LogP contribution in [0.1, 0.15) is 44.9 Å². The van der Waals surface area contributed by atoms with E-state index < -0.39 is 0 Å². The highest BCUT2D eigenvalue weighted by Crippen LogP contribution is 2.08. The van der Waals surface area contributed by atoms with Gasteiger partial charge >= 0.3 is 0 Å². The van der Waals surface area contributed by atoms with Gasteiger partial charge in [0.1, 0.15) is 0 Å². The Kier molecular flexibility index (Phi) is 17.9. The minimum absolute atomic E-state index is 1.18. The molecular formula is C29H36. The first-order chi connectivity index (χ1) is 14.5. The Morgan fingerprint density at radius 3 is 0.690 bits per heavy atom. The van der Waals surface area contributed by atoms with Crippen LogP contribution in [0, 0.1) is 0 Å². The van der Waals surface area contributed by atoms with Gasteiger partial charge in [-0.1, -0.05) is 153 Å². The third-order valence-electron chi connectivity index (χ3n) is 4.12. The molecule has 0 N–H and O–H groups in total. The van der Waals surface area contributed by atoms with Crippen LogP contribution in [-0.2, 0) is 0 Å². The van der Waals surface area contributed by atoms with E-state index >= 15 is 0 Å². The molecule has 1 rings (SSSR count). The number of rotatable bonds is 0. The van der Waals surface area contributed by atoms with Gasteiger partial charge in [0, 0.05) is 0 Å². The van der Waals surface area contributed by atoms with Gasteiger partial charge in [-0.25, -0.2) is 0 Å². The molecule has 0 radical (unpaired) electrons. The van der Waals surface area contributed by atoms with Crippen LogP contribution >= 0.6 is 0 Å². The van der Waals surface area contributed by atoms with Crippen LogP contribution in [0.15, 0.2) is 134 Å².